The Bertz CT molecular complexity index is 661. The van der Waals surface area contributed by atoms with E-state index >= 15 is 0 Å². The first-order chi connectivity index (χ1) is 9.69. The molecule has 0 aliphatic carbocycles. The van der Waals surface area contributed by atoms with Gasteiger partial charge in [-0.3, -0.25) is 9.36 Å². The number of carbonyl (C=O) groups excluding carboxylic acids is 1. The topological polar surface area (TPSA) is 68.5 Å². The van der Waals surface area contributed by atoms with Crippen LogP contribution in [0.1, 0.15) is 23.0 Å². The van der Waals surface area contributed by atoms with Crippen molar-refractivity contribution in [3.8, 4) is 5.69 Å². The van der Waals surface area contributed by atoms with Crippen LogP contribution >= 0.6 is 0 Å². The molecule has 0 spiro atoms. The van der Waals surface area contributed by atoms with Crippen LogP contribution in [0.4, 0.5) is 0 Å². The van der Waals surface area contributed by atoms with Crippen LogP contribution in [0.5, 0.6) is 0 Å². The van der Waals surface area contributed by atoms with E-state index in [4.69, 9.17) is 4.74 Å². The van der Waals surface area contributed by atoms with Crippen LogP contribution in [0.15, 0.2) is 47.3 Å². The van der Waals surface area contributed by atoms with Crippen molar-refractivity contribution in [2.75, 3.05) is 6.61 Å². The average Bonchev–Trinajstić information content (AvgIpc) is 2.47. The van der Waals surface area contributed by atoms with Gasteiger partial charge in [-0.05, 0) is 31.2 Å². The number of aliphatic hydroxyl groups is 1. The normalized spacial score (nSPS) is 10.3. The minimum Gasteiger partial charge on any atom is -0.462 e. The molecule has 2 aromatic rings. The van der Waals surface area contributed by atoms with Crippen LogP contribution in [-0.4, -0.2) is 22.2 Å². The molecule has 1 aromatic heterocycles. The molecule has 2 rings (SSSR count). The number of hydrogen-bond donors (Lipinski definition) is 1. The van der Waals surface area contributed by atoms with Crippen LogP contribution in [0, 0.1) is 0 Å². The highest BCUT2D eigenvalue weighted by Crippen LogP contribution is 2.10. The summed E-state index contributed by atoms with van der Waals surface area (Å²) in [6, 6.07) is 11.8. The molecule has 0 aliphatic rings. The van der Waals surface area contributed by atoms with E-state index < -0.39 is 11.5 Å². The maximum atomic E-state index is 12.4. The molecule has 5 heteroatoms. The Morgan fingerprint density at radius 1 is 1.20 bits per heavy atom. The third-order valence-electron chi connectivity index (χ3n) is 2.83. The van der Waals surface area contributed by atoms with E-state index in [1.165, 1.54) is 10.6 Å². The monoisotopic (exact) mass is 273 g/mol. The van der Waals surface area contributed by atoms with Gasteiger partial charge in [-0.25, -0.2) is 4.79 Å². The summed E-state index contributed by atoms with van der Waals surface area (Å²) in [5.41, 5.74) is 0.455. The van der Waals surface area contributed by atoms with Crippen molar-refractivity contribution in [1.29, 1.82) is 0 Å². The predicted molar refractivity (Wildman–Crippen MR) is 73.9 cm³/mol. The maximum Gasteiger partial charge on any atom is 0.343 e. The number of aliphatic hydroxyl groups excluding tert-OH is 1. The van der Waals surface area contributed by atoms with Crippen molar-refractivity contribution in [2.45, 2.75) is 13.5 Å². The lowest BCUT2D eigenvalue weighted by Gasteiger charge is -2.12. The number of para-hydroxylation sites is 1. The number of pyridine rings is 1. The highest BCUT2D eigenvalue weighted by molar-refractivity contribution is 5.89. The molecule has 104 valence electrons. The van der Waals surface area contributed by atoms with Gasteiger partial charge in [0.1, 0.15) is 5.56 Å². The molecule has 20 heavy (non-hydrogen) atoms. The molecular formula is C15H15NO4. The smallest absolute Gasteiger partial charge is 0.343 e. The van der Waals surface area contributed by atoms with Gasteiger partial charge in [-0.2, -0.15) is 0 Å². The first-order valence-electron chi connectivity index (χ1n) is 6.27. The molecule has 0 bridgehead atoms. The lowest BCUT2D eigenvalue weighted by Crippen LogP contribution is -2.28. The van der Waals surface area contributed by atoms with E-state index in [2.05, 4.69) is 0 Å². The quantitative estimate of drug-likeness (QED) is 0.857. The molecule has 0 amide bonds. The van der Waals surface area contributed by atoms with E-state index in [0.29, 0.717) is 11.4 Å². The molecule has 0 aliphatic heterocycles. The molecule has 0 atom stereocenters. The minimum atomic E-state index is -0.660. The van der Waals surface area contributed by atoms with Crippen LogP contribution in [-0.2, 0) is 11.3 Å². The summed E-state index contributed by atoms with van der Waals surface area (Å²) in [6.45, 7) is 1.58. The van der Waals surface area contributed by atoms with Gasteiger partial charge in [0.15, 0.2) is 0 Å². The summed E-state index contributed by atoms with van der Waals surface area (Å²) < 4.78 is 6.17. The SMILES string of the molecule is CCOC(=O)c1ccc(CO)n(-c2ccccc2)c1=O. The number of nitrogens with zero attached hydrogens (tertiary/aromatic N) is 1. The average molecular weight is 273 g/mol. The Morgan fingerprint density at radius 2 is 1.90 bits per heavy atom. The van der Waals surface area contributed by atoms with Gasteiger partial charge < -0.3 is 9.84 Å². The zero-order chi connectivity index (χ0) is 14.5. The number of esters is 1. The Hall–Kier alpha value is -2.40. The maximum absolute atomic E-state index is 12.4. The lowest BCUT2D eigenvalue weighted by atomic mass is 10.2. The van der Waals surface area contributed by atoms with E-state index in [0.717, 1.165) is 0 Å². The zero-order valence-corrected chi connectivity index (χ0v) is 11.1. The van der Waals surface area contributed by atoms with Crippen molar-refractivity contribution in [1.82, 2.24) is 4.57 Å². The molecule has 5 nitrogen and oxygen atoms in total. The molecular weight excluding hydrogens is 258 g/mol. The first kappa shape index (κ1) is 14.0. The molecule has 0 radical (unpaired) electrons. The summed E-state index contributed by atoms with van der Waals surface area (Å²) in [7, 11) is 0. The van der Waals surface area contributed by atoms with Crippen molar-refractivity contribution in [3.63, 3.8) is 0 Å². The van der Waals surface area contributed by atoms with Crippen molar-refractivity contribution >= 4 is 5.97 Å². The summed E-state index contributed by atoms with van der Waals surface area (Å²) in [5, 5.41) is 9.36. The molecule has 0 unspecified atom stereocenters. The van der Waals surface area contributed by atoms with Crippen LogP contribution in [0.3, 0.4) is 0 Å². The van der Waals surface area contributed by atoms with Crippen LogP contribution in [0.25, 0.3) is 5.69 Å². The summed E-state index contributed by atoms with van der Waals surface area (Å²) >= 11 is 0. The van der Waals surface area contributed by atoms with Gasteiger partial charge in [-0.15, -0.1) is 0 Å². The lowest BCUT2D eigenvalue weighted by molar-refractivity contribution is 0.0523. The summed E-state index contributed by atoms with van der Waals surface area (Å²) in [4.78, 5) is 24.2. The Kier molecular flexibility index (Phi) is 4.32. The highest BCUT2D eigenvalue weighted by atomic mass is 16.5. The largest absolute Gasteiger partial charge is 0.462 e. The summed E-state index contributed by atoms with van der Waals surface area (Å²) in [5.74, 6) is -0.660. The molecule has 0 fully saturated rings. The molecule has 0 saturated carbocycles. The number of benzene rings is 1. The first-order valence-corrected chi connectivity index (χ1v) is 6.27. The molecule has 1 aromatic carbocycles. The second kappa shape index (κ2) is 6.16. The number of rotatable bonds is 4. The third-order valence-corrected chi connectivity index (χ3v) is 2.83. The number of carbonyl (C=O) groups is 1. The Labute approximate surface area is 116 Å². The Balaban J connectivity index is 2.63. The second-order valence-corrected chi connectivity index (χ2v) is 4.09. The zero-order valence-electron chi connectivity index (χ0n) is 11.1. The fourth-order valence-corrected chi connectivity index (χ4v) is 1.92. The van der Waals surface area contributed by atoms with Crippen molar-refractivity contribution in [2.24, 2.45) is 0 Å². The van der Waals surface area contributed by atoms with E-state index in [1.54, 1.807) is 37.3 Å². The van der Waals surface area contributed by atoms with Crippen molar-refractivity contribution in [3.05, 3.63) is 64.1 Å². The molecule has 0 saturated heterocycles. The minimum absolute atomic E-state index is 0.0482. The third kappa shape index (κ3) is 2.62. The molecule has 1 N–H and O–H groups in total. The fraction of sp³-hybridized carbons (Fsp3) is 0.200. The van der Waals surface area contributed by atoms with Gasteiger partial charge in [0.25, 0.3) is 5.56 Å². The number of aromatic nitrogens is 1. The number of ether oxygens (including phenoxy) is 1. The van der Waals surface area contributed by atoms with Gasteiger partial charge in [0, 0.05) is 5.69 Å². The van der Waals surface area contributed by atoms with Crippen molar-refractivity contribution < 1.29 is 14.6 Å². The fourth-order valence-electron chi connectivity index (χ4n) is 1.92. The van der Waals surface area contributed by atoms with Gasteiger partial charge in [0.05, 0.1) is 18.9 Å². The highest BCUT2D eigenvalue weighted by Gasteiger charge is 2.16. The molecule has 1 heterocycles. The summed E-state index contributed by atoms with van der Waals surface area (Å²) in [6.07, 6.45) is 0. The van der Waals surface area contributed by atoms with Gasteiger partial charge >= 0.3 is 5.97 Å². The van der Waals surface area contributed by atoms with E-state index in [1.807, 2.05) is 6.07 Å². The van der Waals surface area contributed by atoms with Crippen LogP contribution < -0.4 is 5.56 Å². The van der Waals surface area contributed by atoms with Gasteiger partial charge in [0.2, 0.25) is 0 Å². The van der Waals surface area contributed by atoms with E-state index in [-0.39, 0.29) is 18.8 Å². The predicted octanol–water partition coefficient (Wildman–Crippen LogP) is 1.51. The Morgan fingerprint density at radius 3 is 2.50 bits per heavy atom. The van der Waals surface area contributed by atoms with Crippen LogP contribution in [0.2, 0.25) is 0 Å². The van der Waals surface area contributed by atoms with Gasteiger partial charge in [-0.1, -0.05) is 18.2 Å². The standard InChI is InChI=1S/C15H15NO4/c1-2-20-15(19)13-9-8-12(10-17)16(14(13)18)11-6-4-3-5-7-11/h3-9,17H,2,10H2,1H3. The second-order valence-electron chi connectivity index (χ2n) is 4.09. The van der Waals surface area contributed by atoms with E-state index in [9.17, 15) is 14.7 Å². The number of hydrogen-bond acceptors (Lipinski definition) is 4.